The third-order valence-electron chi connectivity index (χ3n) is 6.19. The van der Waals surface area contributed by atoms with Crippen LogP contribution >= 0.6 is 11.3 Å². The molecule has 0 aromatic carbocycles. The zero-order valence-corrected chi connectivity index (χ0v) is 15.7. The number of thiophene rings is 1. The highest BCUT2D eigenvalue weighted by Crippen LogP contribution is 2.33. The highest BCUT2D eigenvalue weighted by Gasteiger charge is 2.35. The summed E-state index contributed by atoms with van der Waals surface area (Å²) in [5.74, 6) is 1.94. The largest absolute Gasteiger partial charge is 0.352 e. The first-order valence-electron chi connectivity index (χ1n) is 9.73. The molecule has 2 unspecified atom stereocenters. The van der Waals surface area contributed by atoms with Gasteiger partial charge < -0.3 is 15.1 Å². The van der Waals surface area contributed by atoms with Crippen LogP contribution in [0.15, 0.2) is 17.8 Å². The molecule has 0 radical (unpaired) electrons. The maximum atomic E-state index is 12.8. The lowest BCUT2D eigenvalue weighted by Gasteiger charge is -2.37. The molecule has 3 aliphatic heterocycles. The van der Waals surface area contributed by atoms with Crippen molar-refractivity contribution in [1.82, 2.24) is 20.2 Å². The van der Waals surface area contributed by atoms with Crippen molar-refractivity contribution in [2.24, 2.45) is 5.92 Å². The highest BCUT2D eigenvalue weighted by atomic mass is 32.1. The number of aromatic nitrogens is 2. The Hall–Kier alpha value is -1.73. The summed E-state index contributed by atoms with van der Waals surface area (Å²) in [6, 6.07) is 3.36. The zero-order valence-electron chi connectivity index (χ0n) is 14.9. The number of fused-ring (bicyclic) bond motifs is 3. The van der Waals surface area contributed by atoms with Gasteiger partial charge in [-0.3, -0.25) is 4.79 Å². The number of carbonyl (C=O) groups excluding carboxylic acids is 1. The van der Waals surface area contributed by atoms with Crippen LogP contribution in [-0.2, 0) is 4.79 Å². The lowest BCUT2D eigenvalue weighted by atomic mass is 9.89. The monoisotopic (exact) mass is 371 g/mol. The van der Waals surface area contributed by atoms with Gasteiger partial charge >= 0.3 is 0 Å². The van der Waals surface area contributed by atoms with E-state index in [1.165, 1.54) is 25.7 Å². The minimum atomic E-state index is 0.347. The third-order valence-corrected chi connectivity index (χ3v) is 7.09. The Balaban J connectivity index is 1.19. The molecular weight excluding hydrogens is 346 g/mol. The number of nitrogens with zero attached hydrogens (tertiary/aromatic N) is 4. The first-order valence-corrected chi connectivity index (χ1v) is 10.6. The number of piperidine rings is 1. The van der Waals surface area contributed by atoms with Gasteiger partial charge in [-0.25, -0.2) is 9.97 Å². The van der Waals surface area contributed by atoms with Crippen molar-refractivity contribution < 1.29 is 4.79 Å². The number of amides is 1. The van der Waals surface area contributed by atoms with E-state index >= 15 is 0 Å². The second-order valence-electron chi connectivity index (χ2n) is 7.88. The van der Waals surface area contributed by atoms with Crippen LogP contribution in [0.2, 0.25) is 0 Å². The fraction of sp³-hybridized carbons (Fsp3) is 0.632. The zero-order chi connectivity index (χ0) is 17.5. The number of hydrogen-bond acceptors (Lipinski definition) is 6. The van der Waals surface area contributed by atoms with Crippen LogP contribution in [0.5, 0.6) is 0 Å². The minimum absolute atomic E-state index is 0.347. The van der Waals surface area contributed by atoms with E-state index in [1.54, 1.807) is 17.7 Å². The van der Waals surface area contributed by atoms with E-state index in [4.69, 9.17) is 0 Å². The number of nitrogens with one attached hydrogen (secondary N) is 1. The fourth-order valence-corrected chi connectivity index (χ4v) is 5.75. The van der Waals surface area contributed by atoms with Crippen molar-refractivity contribution in [3.05, 3.63) is 17.8 Å². The van der Waals surface area contributed by atoms with E-state index in [1.807, 2.05) is 6.07 Å². The molecule has 6 nitrogen and oxygen atoms in total. The number of rotatable bonds is 3. The van der Waals surface area contributed by atoms with Crippen molar-refractivity contribution >= 4 is 33.3 Å². The molecule has 138 valence electrons. The molecule has 3 aliphatic rings. The predicted octanol–water partition coefficient (Wildman–Crippen LogP) is 2.26. The summed E-state index contributed by atoms with van der Waals surface area (Å²) in [5.41, 5.74) is 1.01. The van der Waals surface area contributed by atoms with Crippen LogP contribution in [0.3, 0.4) is 0 Å². The number of hydrogen-bond donors (Lipinski definition) is 1. The van der Waals surface area contributed by atoms with Crippen LogP contribution in [0.1, 0.15) is 32.1 Å². The molecule has 2 atom stereocenters. The maximum absolute atomic E-state index is 12.8. The molecule has 0 aliphatic carbocycles. The van der Waals surface area contributed by atoms with Crippen molar-refractivity contribution in [1.29, 1.82) is 0 Å². The van der Waals surface area contributed by atoms with Crippen LogP contribution < -0.4 is 10.2 Å². The molecule has 3 fully saturated rings. The molecule has 0 saturated carbocycles. The van der Waals surface area contributed by atoms with E-state index in [-0.39, 0.29) is 0 Å². The van der Waals surface area contributed by atoms with Gasteiger partial charge in [-0.05, 0) is 43.0 Å². The first-order chi connectivity index (χ1) is 12.8. The highest BCUT2D eigenvalue weighted by molar-refractivity contribution is 7.17. The molecule has 5 rings (SSSR count). The maximum Gasteiger partial charge on any atom is 0.222 e. The van der Waals surface area contributed by atoms with Crippen LogP contribution in [0.25, 0.3) is 10.2 Å². The summed E-state index contributed by atoms with van der Waals surface area (Å²) in [5, 5.41) is 5.73. The number of piperazine rings is 1. The molecule has 7 heteroatoms. The van der Waals surface area contributed by atoms with Gasteiger partial charge in [0.05, 0.1) is 10.2 Å². The lowest BCUT2D eigenvalue weighted by molar-refractivity contribution is -0.132. The SMILES string of the molecule is O=C(CC1CC2CCC(C1)N2)N1CCN(c2ncnc3ccsc23)CC1. The molecule has 2 bridgehead atoms. The van der Waals surface area contributed by atoms with E-state index < -0.39 is 0 Å². The van der Waals surface area contributed by atoms with Gasteiger partial charge in [0.25, 0.3) is 0 Å². The minimum Gasteiger partial charge on any atom is -0.352 e. The Morgan fingerprint density at radius 2 is 1.92 bits per heavy atom. The Morgan fingerprint density at radius 3 is 2.69 bits per heavy atom. The third kappa shape index (κ3) is 3.07. The van der Waals surface area contributed by atoms with Crippen LogP contribution in [-0.4, -0.2) is 59.0 Å². The van der Waals surface area contributed by atoms with Gasteiger partial charge in [-0.15, -0.1) is 11.3 Å². The molecule has 2 aromatic heterocycles. The predicted molar refractivity (Wildman–Crippen MR) is 103 cm³/mol. The Morgan fingerprint density at radius 1 is 1.15 bits per heavy atom. The Kier molecular flexibility index (Phi) is 4.29. The van der Waals surface area contributed by atoms with E-state index in [9.17, 15) is 4.79 Å². The van der Waals surface area contributed by atoms with Crippen molar-refractivity contribution in [2.75, 3.05) is 31.1 Å². The second kappa shape index (κ2) is 6.78. The van der Waals surface area contributed by atoms with Gasteiger partial charge in [0.2, 0.25) is 5.91 Å². The lowest BCUT2D eigenvalue weighted by Crippen LogP contribution is -2.50. The fourth-order valence-electron chi connectivity index (χ4n) is 4.89. The molecule has 1 N–H and O–H groups in total. The summed E-state index contributed by atoms with van der Waals surface area (Å²) in [4.78, 5) is 26.0. The topological polar surface area (TPSA) is 61.4 Å². The quantitative estimate of drug-likeness (QED) is 0.897. The number of anilines is 1. The molecule has 3 saturated heterocycles. The van der Waals surface area contributed by atoms with Gasteiger partial charge in [0.1, 0.15) is 12.1 Å². The van der Waals surface area contributed by atoms with Gasteiger partial charge in [0, 0.05) is 44.7 Å². The smallest absolute Gasteiger partial charge is 0.222 e. The molecule has 5 heterocycles. The first kappa shape index (κ1) is 16.4. The molecule has 0 spiro atoms. The van der Waals surface area contributed by atoms with E-state index in [0.717, 1.165) is 48.6 Å². The van der Waals surface area contributed by atoms with E-state index in [2.05, 4.69) is 30.5 Å². The summed E-state index contributed by atoms with van der Waals surface area (Å²) >= 11 is 1.69. The normalized spacial score (nSPS) is 28.7. The average molecular weight is 372 g/mol. The van der Waals surface area contributed by atoms with Gasteiger partial charge in [-0.1, -0.05) is 0 Å². The standard InChI is InChI=1S/C19H25N5OS/c25-17(11-13-9-14-1-2-15(10-13)22-14)23-4-6-24(7-5-23)19-18-16(3-8-26-18)20-12-21-19/h3,8,12-15,22H,1-2,4-7,9-11H2. The summed E-state index contributed by atoms with van der Waals surface area (Å²) < 4.78 is 1.15. The molecule has 2 aromatic rings. The van der Waals surface area contributed by atoms with Gasteiger partial charge in [-0.2, -0.15) is 0 Å². The van der Waals surface area contributed by atoms with Crippen molar-refractivity contribution in [3.63, 3.8) is 0 Å². The van der Waals surface area contributed by atoms with E-state index in [0.29, 0.717) is 23.9 Å². The summed E-state index contributed by atoms with van der Waals surface area (Å²) in [6.45, 7) is 3.31. The van der Waals surface area contributed by atoms with Gasteiger partial charge in [0.15, 0.2) is 0 Å². The second-order valence-corrected chi connectivity index (χ2v) is 8.80. The molecule has 26 heavy (non-hydrogen) atoms. The number of carbonyl (C=O) groups is 1. The molecule has 1 amide bonds. The Labute approximate surface area is 157 Å². The average Bonchev–Trinajstić information content (AvgIpc) is 3.27. The summed E-state index contributed by atoms with van der Waals surface area (Å²) in [6.07, 6.45) is 7.33. The molecular formula is C19H25N5OS. The van der Waals surface area contributed by atoms with Crippen molar-refractivity contribution in [2.45, 2.75) is 44.2 Å². The Bertz CT molecular complexity index is 788. The summed E-state index contributed by atoms with van der Waals surface area (Å²) in [7, 11) is 0. The van der Waals surface area contributed by atoms with Crippen LogP contribution in [0.4, 0.5) is 5.82 Å². The van der Waals surface area contributed by atoms with Crippen LogP contribution in [0, 0.1) is 5.92 Å². The van der Waals surface area contributed by atoms with Crippen molar-refractivity contribution in [3.8, 4) is 0 Å².